The Morgan fingerprint density at radius 1 is 1.15 bits per heavy atom. The first kappa shape index (κ1) is 20.3. The molecule has 6 N–H and O–H groups in total. The Bertz CT molecular complexity index is 1020. The van der Waals surface area contributed by atoms with Crippen LogP contribution >= 0.6 is 22.6 Å². The van der Waals surface area contributed by atoms with Gasteiger partial charge in [0.1, 0.15) is 28.4 Å². The molecule has 27 heavy (non-hydrogen) atoms. The SMILES string of the molecule is Nc1[nH]c(=O)c(C(=O)O)c(-c2cc(OC(F)(F)F)cc(I)c2O)c1C(=O)O. The van der Waals surface area contributed by atoms with Crippen molar-refractivity contribution in [1.29, 1.82) is 0 Å². The highest BCUT2D eigenvalue weighted by molar-refractivity contribution is 14.1. The number of hydrogen-bond donors (Lipinski definition) is 5. The van der Waals surface area contributed by atoms with Gasteiger partial charge in [-0.05, 0) is 34.7 Å². The van der Waals surface area contributed by atoms with Crippen molar-refractivity contribution in [3.05, 3.63) is 37.2 Å². The van der Waals surface area contributed by atoms with Gasteiger partial charge in [0.15, 0.2) is 0 Å². The van der Waals surface area contributed by atoms with E-state index < -0.39 is 63.4 Å². The monoisotopic (exact) mass is 500 g/mol. The Labute approximate surface area is 160 Å². The molecular formula is C14H8F3IN2O7. The third-order valence-corrected chi connectivity index (χ3v) is 4.03. The minimum atomic E-state index is -5.12. The lowest BCUT2D eigenvalue weighted by Gasteiger charge is -2.16. The second-order valence-electron chi connectivity index (χ2n) is 4.95. The Morgan fingerprint density at radius 3 is 2.19 bits per heavy atom. The summed E-state index contributed by atoms with van der Waals surface area (Å²) in [5, 5.41) is 28.8. The van der Waals surface area contributed by atoms with Crippen molar-refractivity contribution in [3.8, 4) is 22.6 Å². The second-order valence-corrected chi connectivity index (χ2v) is 6.11. The number of nitrogen functional groups attached to an aromatic ring is 1. The Morgan fingerprint density at radius 2 is 1.70 bits per heavy atom. The van der Waals surface area contributed by atoms with E-state index in [9.17, 15) is 42.9 Å². The van der Waals surface area contributed by atoms with Gasteiger partial charge in [-0.2, -0.15) is 0 Å². The number of alkyl halides is 3. The number of aromatic amines is 1. The van der Waals surface area contributed by atoms with Crippen molar-refractivity contribution < 1.29 is 42.8 Å². The molecule has 9 nitrogen and oxygen atoms in total. The number of H-pyrrole nitrogens is 1. The summed E-state index contributed by atoms with van der Waals surface area (Å²) in [5.41, 5.74) is 0.534. The summed E-state index contributed by atoms with van der Waals surface area (Å²) >= 11 is 1.42. The van der Waals surface area contributed by atoms with Gasteiger partial charge < -0.3 is 30.8 Å². The van der Waals surface area contributed by atoms with Crippen molar-refractivity contribution in [2.45, 2.75) is 6.36 Å². The van der Waals surface area contributed by atoms with Gasteiger partial charge in [-0.25, -0.2) is 9.59 Å². The minimum absolute atomic E-state index is 0.226. The molecule has 13 heteroatoms. The number of carboxylic acid groups (broad SMARTS) is 2. The van der Waals surface area contributed by atoms with E-state index >= 15 is 0 Å². The fourth-order valence-electron chi connectivity index (χ4n) is 2.27. The van der Waals surface area contributed by atoms with Gasteiger partial charge in [0, 0.05) is 11.1 Å². The van der Waals surface area contributed by atoms with Gasteiger partial charge in [-0.3, -0.25) is 4.79 Å². The summed E-state index contributed by atoms with van der Waals surface area (Å²) in [4.78, 5) is 36.8. The first-order valence-corrected chi connectivity index (χ1v) is 7.72. The van der Waals surface area contributed by atoms with E-state index in [0.29, 0.717) is 6.07 Å². The molecular weight excluding hydrogens is 492 g/mol. The lowest BCUT2D eigenvalue weighted by Crippen LogP contribution is -2.24. The molecule has 144 valence electrons. The standard InChI is InChI=1S/C14H8F3IN2O7/c15-14(16,17)27-3-1-4(9(21)5(18)2-3)6-7(12(23)24)10(19)20-11(22)8(6)13(25)26/h1-2,21H,(H,23,24)(H,25,26)(H3,19,20,22). The van der Waals surface area contributed by atoms with Crippen LogP contribution in [0.4, 0.5) is 19.0 Å². The normalized spacial score (nSPS) is 11.3. The molecule has 2 aromatic rings. The number of pyridine rings is 1. The summed E-state index contributed by atoms with van der Waals surface area (Å²) in [7, 11) is 0. The zero-order valence-corrected chi connectivity index (χ0v) is 14.9. The van der Waals surface area contributed by atoms with Gasteiger partial charge in [0.25, 0.3) is 5.56 Å². The molecule has 0 saturated heterocycles. The fourth-order valence-corrected chi connectivity index (χ4v) is 2.87. The molecule has 1 heterocycles. The number of anilines is 1. The Kier molecular flexibility index (Phi) is 5.26. The molecule has 1 aromatic heterocycles. The lowest BCUT2D eigenvalue weighted by atomic mass is 9.94. The average molecular weight is 500 g/mol. The smallest absolute Gasteiger partial charge is 0.506 e. The predicted octanol–water partition coefficient (Wildman–Crippen LogP) is 2.23. The summed E-state index contributed by atoms with van der Waals surface area (Å²) in [6.45, 7) is 0. The van der Waals surface area contributed by atoms with Gasteiger partial charge in [-0.15, -0.1) is 13.2 Å². The highest BCUT2D eigenvalue weighted by Crippen LogP contribution is 2.41. The third kappa shape index (κ3) is 4.07. The first-order valence-electron chi connectivity index (χ1n) is 6.64. The number of nitrogens with one attached hydrogen (secondary N) is 1. The van der Waals surface area contributed by atoms with Gasteiger partial charge in [0.05, 0.1) is 3.57 Å². The summed E-state index contributed by atoms with van der Waals surface area (Å²) in [6, 6.07) is 1.34. The molecule has 0 spiro atoms. The number of nitrogens with two attached hydrogens (primary N) is 1. The number of benzene rings is 1. The predicted molar refractivity (Wildman–Crippen MR) is 91.9 cm³/mol. The summed E-state index contributed by atoms with van der Waals surface area (Å²) < 4.78 is 41.0. The maximum absolute atomic E-state index is 12.5. The lowest BCUT2D eigenvalue weighted by molar-refractivity contribution is -0.274. The molecule has 0 fully saturated rings. The van der Waals surface area contributed by atoms with Crippen LogP contribution in [0.1, 0.15) is 20.7 Å². The zero-order valence-electron chi connectivity index (χ0n) is 12.7. The van der Waals surface area contributed by atoms with Crippen molar-refractivity contribution in [2.24, 2.45) is 0 Å². The van der Waals surface area contributed by atoms with Gasteiger partial charge >= 0.3 is 18.3 Å². The van der Waals surface area contributed by atoms with Gasteiger partial charge in [-0.1, -0.05) is 0 Å². The quantitative estimate of drug-likeness (QED) is 0.399. The van der Waals surface area contributed by atoms with Crippen LogP contribution in [0, 0.1) is 3.57 Å². The molecule has 0 aliphatic rings. The first-order chi connectivity index (χ1) is 12.3. The number of hydrogen-bond acceptors (Lipinski definition) is 6. The number of ether oxygens (including phenoxy) is 1. The van der Waals surface area contributed by atoms with Crippen LogP contribution in [0.2, 0.25) is 0 Å². The average Bonchev–Trinajstić information content (AvgIpc) is 2.47. The van der Waals surface area contributed by atoms with Crippen molar-refractivity contribution >= 4 is 40.3 Å². The van der Waals surface area contributed by atoms with E-state index in [1.807, 2.05) is 4.98 Å². The van der Waals surface area contributed by atoms with Crippen molar-refractivity contribution in [1.82, 2.24) is 4.98 Å². The van der Waals surface area contributed by atoms with Crippen LogP contribution < -0.4 is 16.0 Å². The zero-order chi connectivity index (χ0) is 20.7. The van der Waals surface area contributed by atoms with Crippen LogP contribution in [-0.2, 0) is 0 Å². The van der Waals surface area contributed by atoms with Crippen molar-refractivity contribution in [2.75, 3.05) is 5.73 Å². The van der Waals surface area contributed by atoms with Crippen LogP contribution in [-0.4, -0.2) is 38.6 Å². The minimum Gasteiger partial charge on any atom is -0.506 e. The molecule has 0 unspecified atom stereocenters. The maximum Gasteiger partial charge on any atom is 0.573 e. The molecule has 0 radical (unpaired) electrons. The number of aromatic carboxylic acids is 2. The summed E-state index contributed by atoms with van der Waals surface area (Å²) in [6.07, 6.45) is -5.12. The molecule has 2 rings (SSSR count). The number of phenolic OH excluding ortho intramolecular Hbond substituents is 1. The van der Waals surface area contributed by atoms with E-state index in [2.05, 4.69) is 4.74 Å². The largest absolute Gasteiger partial charge is 0.573 e. The van der Waals surface area contributed by atoms with Crippen LogP contribution in [0.5, 0.6) is 11.5 Å². The van der Waals surface area contributed by atoms with Gasteiger partial charge in [0.2, 0.25) is 0 Å². The third-order valence-electron chi connectivity index (χ3n) is 3.21. The van der Waals surface area contributed by atoms with E-state index in [1.165, 1.54) is 22.6 Å². The number of rotatable bonds is 4. The number of carbonyl (C=O) groups is 2. The molecule has 0 bridgehead atoms. The maximum atomic E-state index is 12.5. The van der Waals surface area contributed by atoms with Crippen LogP contribution in [0.3, 0.4) is 0 Å². The molecule has 0 aliphatic carbocycles. The van der Waals surface area contributed by atoms with Crippen LogP contribution in [0.25, 0.3) is 11.1 Å². The molecule has 1 aromatic carbocycles. The molecule has 0 atom stereocenters. The topological polar surface area (TPSA) is 163 Å². The van der Waals surface area contributed by atoms with E-state index in [-0.39, 0.29) is 3.57 Å². The van der Waals surface area contributed by atoms with E-state index in [1.54, 1.807) is 0 Å². The number of halogens is 4. The number of phenols is 1. The van der Waals surface area contributed by atoms with E-state index in [0.717, 1.165) is 6.07 Å². The highest BCUT2D eigenvalue weighted by atomic mass is 127. The molecule has 0 saturated carbocycles. The number of aromatic nitrogens is 1. The fraction of sp³-hybridized carbons (Fsp3) is 0.0714. The highest BCUT2D eigenvalue weighted by Gasteiger charge is 2.33. The number of aromatic hydroxyl groups is 1. The van der Waals surface area contributed by atoms with Crippen molar-refractivity contribution in [3.63, 3.8) is 0 Å². The Hall–Kier alpha value is -2.97. The molecule has 0 aliphatic heterocycles. The Balaban J connectivity index is 2.99. The molecule has 0 amide bonds. The number of carboxylic acids is 2. The summed E-state index contributed by atoms with van der Waals surface area (Å²) in [5.74, 6) is -6.04. The van der Waals surface area contributed by atoms with E-state index in [4.69, 9.17) is 5.73 Å². The van der Waals surface area contributed by atoms with Crippen LogP contribution in [0.15, 0.2) is 16.9 Å². The second kappa shape index (κ2) is 6.98.